The van der Waals surface area contributed by atoms with Crippen molar-refractivity contribution in [3.05, 3.63) is 298 Å². The Morgan fingerprint density at radius 2 is 1.00 bits per heavy atom. The highest BCUT2D eigenvalue weighted by Crippen LogP contribution is 2.47. The van der Waals surface area contributed by atoms with E-state index in [2.05, 4.69) is 234 Å². The van der Waals surface area contributed by atoms with Crippen molar-refractivity contribution in [3.8, 4) is 33.4 Å². The Balaban J connectivity index is 0.00000115. The number of para-hydroxylation sites is 1. The molecule has 12 rings (SSSR count). The molecule has 1 aliphatic carbocycles. The van der Waals surface area contributed by atoms with E-state index in [1.165, 1.54) is 76.5 Å². The van der Waals surface area contributed by atoms with E-state index in [9.17, 15) is 0 Å². The molecule has 0 saturated heterocycles. The summed E-state index contributed by atoms with van der Waals surface area (Å²) in [6.45, 7) is 10.1. The minimum atomic E-state index is 0.651. The van der Waals surface area contributed by atoms with Crippen LogP contribution in [0.2, 0.25) is 0 Å². The third-order valence-corrected chi connectivity index (χ3v) is 13.9. The monoisotopic (exact) mass is 964 g/mol. The maximum atomic E-state index is 4.78. The first-order valence-electron chi connectivity index (χ1n) is 25.6. The van der Waals surface area contributed by atoms with E-state index in [4.69, 9.17) is 4.98 Å². The van der Waals surface area contributed by atoms with Gasteiger partial charge in [-0.25, -0.2) is 9.97 Å². The van der Waals surface area contributed by atoms with Crippen LogP contribution in [-0.4, -0.2) is 16.5 Å². The third-order valence-electron chi connectivity index (χ3n) is 13.9. The molecule has 75 heavy (non-hydrogen) atoms. The van der Waals surface area contributed by atoms with Crippen LogP contribution in [0.5, 0.6) is 0 Å². The van der Waals surface area contributed by atoms with Crippen molar-refractivity contribution in [2.24, 2.45) is 0 Å². The van der Waals surface area contributed by atoms with E-state index >= 15 is 0 Å². The van der Waals surface area contributed by atoms with Crippen molar-refractivity contribution in [1.29, 1.82) is 0 Å². The van der Waals surface area contributed by atoms with E-state index in [0.29, 0.717) is 6.54 Å². The molecule has 0 fully saturated rings. The average Bonchev–Trinajstić information content (AvgIpc) is 3.77. The van der Waals surface area contributed by atoms with E-state index < -0.39 is 0 Å². The summed E-state index contributed by atoms with van der Waals surface area (Å²) in [7, 11) is 0. The minimum Gasteiger partial charge on any atom is -0.323 e. The molecular formula is C71H56N4. The summed E-state index contributed by atoms with van der Waals surface area (Å²) in [5.74, 6) is 1.77. The molecule has 1 aliphatic rings. The molecule has 0 spiro atoms. The first kappa shape index (κ1) is 47.7. The van der Waals surface area contributed by atoms with Gasteiger partial charge < -0.3 is 4.90 Å². The van der Waals surface area contributed by atoms with E-state index in [1.807, 2.05) is 67.9 Å². The summed E-state index contributed by atoms with van der Waals surface area (Å²) in [6.07, 6.45) is 21.1. The van der Waals surface area contributed by atoms with Crippen LogP contribution in [0, 0.1) is 0 Å². The second-order valence-corrected chi connectivity index (χ2v) is 18.5. The van der Waals surface area contributed by atoms with Crippen LogP contribution in [0.15, 0.2) is 292 Å². The summed E-state index contributed by atoms with van der Waals surface area (Å²) in [5, 5.41) is 9.71. The fourth-order valence-corrected chi connectivity index (χ4v) is 10.3. The number of anilines is 4. The molecule has 9 aromatic carbocycles. The largest absolute Gasteiger partial charge is 0.323 e. The molecule has 0 amide bonds. The van der Waals surface area contributed by atoms with Gasteiger partial charge in [-0.3, -0.25) is 4.90 Å². The second kappa shape index (κ2) is 22.0. The topological polar surface area (TPSA) is 32.3 Å². The number of nitrogens with zero attached hydrogens (tertiary/aromatic N) is 4. The van der Waals surface area contributed by atoms with Crippen LogP contribution in [0.4, 0.5) is 23.0 Å². The van der Waals surface area contributed by atoms with Crippen molar-refractivity contribution in [1.82, 2.24) is 9.97 Å². The molecule has 360 valence electrons. The highest BCUT2D eigenvalue weighted by Gasteiger charge is 2.21. The van der Waals surface area contributed by atoms with Crippen LogP contribution in [0.3, 0.4) is 0 Å². The maximum Gasteiger partial charge on any atom is 0.137 e. The Morgan fingerprint density at radius 1 is 0.453 bits per heavy atom. The molecule has 0 atom stereocenters. The first-order valence-corrected chi connectivity index (χ1v) is 25.6. The molecule has 0 aliphatic heterocycles. The molecule has 2 aromatic heterocycles. The number of allylic oxidation sites excluding steroid dienone is 8. The van der Waals surface area contributed by atoms with Gasteiger partial charge in [-0.1, -0.05) is 189 Å². The molecular weight excluding hydrogens is 909 g/mol. The van der Waals surface area contributed by atoms with Gasteiger partial charge in [0, 0.05) is 36.0 Å². The van der Waals surface area contributed by atoms with Crippen LogP contribution in [0.25, 0.3) is 82.0 Å². The van der Waals surface area contributed by atoms with Gasteiger partial charge >= 0.3 is 0 Å². The lowest BCUT2D eigenvalue weighted by Crippen LogP contribution is -2.17. The number of rotatable bonds is 12. The van der Waals surface area contributed by atoms with Gasteiger partial charge in [-0.05, 0) is 180 Å². The van der Waals surface area contributed by atoms with E-state index in [1.54, 1.807) is 6.08 Å². The lowest BCUT2D eigenvalue weighted by atomic mass is 9.83. The molecule has 0 unspecified atom stereocenters. The van der Waals surface area contributed by atoms with Crippen molar-refractivity contribution in [2.75, 3.05) is 16.3 Å². The molecule has 0 N–H and O–H groups in total. The molecule has 11 aromatic rings. The number of fused-ring (bicyclic) bond motifs is 4. The van der Waals surface area contributed by atoms with Gasteiger partial charge in [0.15, 0.2) is 0 Å². The van der Waals surface area contributed by atoms with Gasteiger partial charge in [0.2, 0.25) is 0 Å². The third kappa shape index (κ3) is 9.98. The Labute approximate surface area is 440 Å². The van der Waals surface area contributed by atoms with Crippen molar-refractivity contribution in [2.45, 2.75) is 13.3 Å². The van der Waals surface area contributed by atoms with Gasteiger partial charge in [0.1, 0.15) is 11.6 Å². The normalized spacial score (nSPS) is 12.2. The van der Waals surface area contributed by atoms with Crippen molar-refractivity contribution >= 4 is 71.7 Å². The first-order chi connectivity index (χ1) is 37.1. The van der Waals surface area contributed by atoms with Gasteiger partial charge in [-0.2, -0.15) is 0 Å². The van der Waals surface area contributed by atoms with Crippen molar-refractivity contribution in [3.63, 3.8) is 0 Å². The Hall–Kier alpha value is -9.64. The Bertz CT molecular complexity index is 3940. The standard InChI is InChI=1S/C66H48N4.C5H8/c1-2-41-69(63-23-10-12-39-67-63)56-34-29-49(30-35-56)53-33-38-60-62(45-53)66(55-28-26-47-16-7-9-18-51(47)43-55)59-37-32-52(44-61(59)65(60)54-27-25-46-15-6-8-17-50(46)42-54)48-19-14-22-58(36-31-48)70(57-20-4-3-5-21-57)64-24-11-13-40-68-64;1-3-5-4-2/h2-13,15-40,42-45H,1,14,41H2;3-5H,1H2,2H3/b;5-4-. The van der Waals surface area contributed by atoms with Gasteiger partial charge in [0.05, 0.1) is 0 Å². The number of benzene rings is 9. The van der Waals surface area contributed by atoms with E-state index in [0.717, 1.165) is 46.3 Å². The SMILES string of the molecule is C=C/C=C\C.C=CCN(c1ccc(-c2ccc3c(-c4ccc5ccccc5c4)c4cc(C5=CCC=C(N(c6ccccc6)c6ccccn6)C=C5)ccc4c(-c4ccc5ccccc5c4)c3c2)cc1)c1ccccn1. The highest BCUT2D eigenvalue weighted by atomic mass is 15.2. The van der Waals surface area contributed by atoms with Gasteiger partial charge in [0.25, 0.3) is 0 Å². The lowest BCUT2D eigenvalue weighted by Gasteiger charge is -2.25. The predicted octanol–water partition coefficient (Wildman–Crippen LogP) is 19.2. The van der Waals surface area contributed by atoms with Crippen LogP contribution in [-0.2, 0) is 0 Å². The zero-order chi connectivity index (χ0) is 50.9. The maximum absolute atomic E-state index is 4.78. The number of aromatic nitrogens is 2. The van der Waals surface area contributed by atoms with E-state index in [-0.39, 0.29) is 0 Å². The summed E-state index contributed by atoms with van der Waals surface area (Å²) in [4.78, 5) is 13.8. The highest BCUT2D eigenvalue weighted by molar-refractivity contribution is 6.23. The van der Waals surface area contributed by atoms with Crippen LogP contribution in [0.1, 0.15) is 18.9 Å². The fraction of sp³-hybridized carbons (Fsp3) is 0.0423. The summed E-state index contributed by atoms with van der Waals surface area (Å²) in [5.41, 5.74) is 12.7. The predicted molar refractivity (Wildman–Crippen MR) is 322 cm³/mol. The van der Waals surface area contributed by atoms with Crippen LogP contribution >= 0.6 is 0 Å². The zero-order valence-corrected chi connectivity index (χ0v) is 42.1. The molecule has 0 radical (unpaired) electrons. The summed E-state index contributed by atoms with van der Waals surface area (Å²) < 4.78 is 0. The molecule has 0 bridgehead atoms. The second-order valence-electron chi connectivity index (χ2n) is 18.5. The number of pyridine rings is 2. The molecule has 4 heteroatoms. The number of hydrogen-bond donors (Lipinski definition) is 0. The number of hydrogen-bond acceptors (Lipinski definition) is 4. The summed E-state index contributed by atoms with van der Waals surface area (Å²) in [6, 6.07) is 76.8. The fourth-order valence-electron chi connectivity index (χ4n) is 10.3. The lowest BCUT2D eigenvalue weighted by molar-refractivity contribution is 1.05. The molecule has 4 nitrogen and oxygen atoms in total. The average molecular weight is 965 g/mol. The minimum absolute atomic E-state index is 0.651. The van der Waals surface area contributed by atoms with Crippen LogP contribution < -0.4 is 9.80 Å². The zero-order valence-electron chi connectivity index (χ0n) is 42.1. The quantitative estimate of drug-likeness (QED) is 0.0694. The van der Waals surface area contributed by atoms with Gasteiger partial charge in [-0.15, -0.1) is 6.58 Å². The van der Waals surface area contributed by atoms with Crippen molar-refractivity contribution < 1.29 is 0 Å². The Morgan fingerprint density at radius 3 is 1.57 bits per heavy atom. The molecule has 0 saturated carbocycles. The molecule has 2 heterocycles. The Kier molecular flexibility index (Phi) is 14.0. The smallest absolute Gasteiger partial charge is 0.137 e. The summed E-state index contributed by atoms with van der Waals surface area (Å²) >= 11 is 0.